The van der Waals surface area contributed by atoms with Crippen molar-refractivity contribution in [3.63, 3.8) is 0 Å². The zero-order valence-electron chi connectivity index (χ0n) is 14.7. The quantitative estimate of drug-likeness (QED) is 0.744. The van der Waals surface area contributed by atoms with Crippen LogP contribution in [0.25, 0.3) is 0 Å². The lowest BCUT2D eigenvalue weighted by molar-refractivity contribution is 0.0696. The zero-order valence-corrected chi connectivity index (χ0v) is 14.7. The topological polar surface area (TPSA) is 107 Å². The number of nitrogens with zero attached hydrogens (tertiary/aromatic N) is 1. The van der Waals surface area contributed by atoms with Crippen LogP contribution in [-0.4, -0.2) is 48.9 Å². The molecule has 2 rings (SSSR count). The minimum absolute atomic E-state index is 0.0344. The van der Waals surface area contributed by atoms with E-state index >= 15 is 0 Å². The smallest absolute Gasteiger partial charge is 0.337 e. The molecule has 0 bridgehead atoms. The van der Waals surface area contributed by atoms with Crippen LogP contribution < -0.4 is 14.8 Å². The minimum Gasteiger partial charge on any atom is -0.497 e. The third-order valence-corrected chi connectivity index (χ3v) is 3.37. The average molecular weight is 360 g/mol. The number of methoxy groups -OCH3 is 2. The van der Waals surface area contributed by atoms with Gasteiger partial charge in [0.15, 0.2) is 0 Å². The molecule has 1 atom stereocenters. The Balaban J connectivity index is 2.17. The fraction of sp³-hybridized carbons (Fsp3) is 0.278. The van der Waals surface area contributed by atoms with Crippen LogP contribution >= 0.6 is 0 Å². The number of anilines is 1. The van der Waals surface area contributed by atoms with Gasteiger partial charge in [0.1, 0.15) is 23.4 Å². The van der Waals surface area contributed by atoms with Crippen molar-refractivity contribution in [1.29, 1.82) is 0 Å². The maximum atomic E-state index is 12.5. The minimum atomic E-state index is -1.09. The molecule has 1 amide bonds. The number of aromatic carboxylic acids is 1. The molecule has 8 nitrogen and oxygen atoms in total. The predicted octanol–water partition coefficient (Wildman–Crippen LogP) is 2.45. The van der Waals surface area contributed by atoms with E-state index in [0.717, 1.165) is 0 Å². The Morgan fingerprint density at radius 2 is 1.88 bits per heavy atom. The fourth-order valence-corrected chi connectivity index (χ4v) is 2.17. The zero-order chi connectivity index (χ0) is 19.1. The third-order valence-electron chi connectivity index (χ3n) is 3.37. The standard InChI is InChI=1S/C18H20N2O6/c1-11(10-24-2)26-15-7-13(6-14(8-15)25-3)17(21)20-16-5-4-12(9-19-16)18(22)23/h4-9,11H,10H2,1-3H3,(H,22,23)(H,19,20,21)/t11-/m0/s1. The Morgan fingerprint density at radius 3 is 2.46 bits per heavy atom. The van der Waals surface area contributed by atoms with Crippen LogP contribution in [0.5, 0.6) is 11.5 Å². The number of hydrogen-bond acceptors (Lipinski definition) is 6. The van der Waals surface area contributed by atoms with Gasteiger partial charge < -0.3 is 24.6 Å². The van der Waals surface area contributed by atoms with Gasteiger partial charge in [0.05, 0.1) is 19.3 Å². The summed E-state index contributed by atoms with van der Waals surface area (Å²) in [6.45, 7) is 2.25. The van der Waals surface area contributed by atoms with Crippen molar-refractivity contribution in [2.45, 2.75) is 13.0 Å². The molecule has 1 heterocycles. The van der Waals surface area contributed by atoms with Crippen molar-refractivity contribution in [3.05, 3.63) is 47.7 Å². The number of pyridine rings is 1. The number of nitrogens with one attached hydrogen (secondary N) is 1. The molecule has 0 aliphatic rings. The van der Waals surface area contributed by atoms with Crippen LogP contribution in [-0.2, 0) is 4.74 Å². The number of carbonyl (C=O) groups is 2. The normalized spacial score (nSPS) is 11.5. The van der Waals surface area contributed by atoms with Crippen molar-refractivity contribution in [2.24, 2.45) is 0 Å². The van der Waals surface area contributed by atoms with Crippen LogP contribution in [0.4, 0.5) is 5.82 Å². The molecule has 26 heavy (non-hydrogen) atoms. The van der Waals surface area contributed by atoms with Crippen molar-refractivity contribution in [2.75, 3.05) is 26.1 Å². The maximum Gasteiger partial charge on any atom is 0.337 e. The first kappa shape index (κ1) is 19.2. The second-order valence-electron chi connectivity index (χ2n) is 5.47. The molecular weight excluding hydrogens is 340 g/mol. The largest absolute Gasteiger partial charge is 0.497 e. The highest BCUT2D eigenvalue weighted by molar-refractivity contribution is 6.04. The van der Waals surface area contributed by atoms with Crippen LogP contribution in [0, 0.1) is 0 Å². The Labute approximate surface area is 150 Å². The lowest BCUT2D eigenvalue weighted by Crippen LogP contribution is -2.19. The van der Waals surface area contributed by atoms with Crippen LogP contribution in [0.3, 0.4) is 0 Å². The molecule has 0 fully saturated rings. The molecular formula is C18H20N2O6. The van der Waals surface area contributed by atoms with Gasteiger partial charge in [-0.05, 0) is 31.2 Å². The number of benzene rings is 1. The molecule has 0 aliphatic heterocycles. The highest BCUT2D eigenvalue weighted by Crippen LogP contribution is 2.24. The van der Waals surface area contributed by atoms with Gasteiger partial charge in [-0.1, -0.05) is 0 Å². The van der Waals surface area contributed by atoms with E-state index in [1.165, 1.54) is 25.4 Å². The highest BCUT2D eigenvalue weighted by Gasteiger charge is 2.13. The predicted molar refractivity (Wildman–Crippen MR) is 94.1 cm³/mol. The summed E-state index contributed by atoms with van der Waals surface area (Å²) in [7, 11) is 3.07. The molecule has 0 aliphatic carbocycles. The molecule has 2 N–H and O–H groups in total. The number of amides is 1. The SMILES string of the molecule is COC[C@H](C)Oc1cc(OC)cc(C(=O)Nc2ccc(C(=O)O)cn2)c1. The monoisotopic (exact) mass is 360 g/mol. The van der Waals surface area contributed by atoms with Gasteiger partial charge in [-0.15, -0.1) is 0 Å². The molecule has 0 saturated heterocycles. The van der Waals surface area contributed by atoms with Gasteiger partial charge >= 0.3 is 5.97 Å². The second-order valence-corrected chi connectivity index (χ2v) is 5.47. The number of aromatic nitrogens is 1. The highest BCUT2D eigenvalue weighted by atomic mass is 16.5. The van der Waals surface area contributed by atoms with E-state index in [-0.39, 0.29) is 17.5 Å². The lowest BCUT2D eigenvalue weighted by Gasteiger charge is -2.15. The van der Waals surface area contributed by atoms with E-state index in [1.807, 2.05) is 6.92 Å². The summed E-state index contributed by atoms with van der Waals surface area (Å²) in [6.07, 6.45) is 0.970. The number of ether oxygens (including phenoxy) is 3. The summed E-state index contributed by atoms with van der Waals surface area (Å²) in [5.41, 5.74) is 0.347. The Bertz CT molecular complexity index is 776. The van der Waals surface area contributed by atoms with Crippen LogP contribution in [0.2, 0.25) is 0 Å². The third kappa shape index (κ3) is 5.18. The van der Waals surface area contributed by atoms with Gasteiger partial charge in [-0.3, -0.25) is 4.79 Å². The van der Waals surface area contributed by atoms with E-state index in [4.69, 9.17) is 19.3 Å². The number of rotatable bonds is 8. The molecule has 1 aromatic heterocycles. The van der Waals surface area contributed by atoms with E-state index in [2.05, 4.69) is 10.3 Å². The fourth-order valence-electron chi connectivity index (χ4n) is 2.17. The summed E-state index contributed by atoms with van der Waals surface area (Å²) in [5, 5.41) is 11.5. The first-order chi connectivity index (χ1) is 12.4. The van der Waals surface area contributed by atoms with Crippen molar-refractivity contribution in [1.82, 2.24) is 4.98 Å². The molecule has 2 aromatic rings. The summed E-state index contributed by atoms with van der Waals surface area (Å²) >= 11 is 0. The van der Waals surface area contributed by atoms with Crippen molar-refractivity contribution >= 4 is 17.7 Å². The van der Waals surface area contributed by atoms with Crippen molar-refractivity contribution in [3.8, 4) is 11.5 Å². The number of carboxylic acid groups (broad SMARTS) is 1. The summed E-state index contributed by atoms with van der Waals surface area (Å²) in [4.78, 5) is 27.2. The molecule has 1 aromatic carbocycles. The maximum absolute atomic E-state index is 12.5. The molecule has 0 spiro atoms. The van der Waals surface area contributed by atoms with Gasteiger partial charge in [0.25, 0.3) is 5.91 Å². The number of carboxylic acids is 1. The Morgan fingerprint density at radius 1 is 1.15 bits per heavy atom. The van der Waals surface area contributed by atoms with E-state index in [9.17, 15) is 9.59 Å². The second kappa shape index (κ2) is 8.82. The summed E-state index contributed by atoms with van der Waals surface area (Å²) in [5.74, 6) is -0.350. The first-order valence-corrected chi connectivity index (χ1v) is 7.78. The molecule has 138 valence electrons. The average Bonchev–Trinajstić information content (AvgIpc) is 2.62. The molecule has 0 unspecified atom stereocenters. The molecule has 0 radical (unpaired) electrons. The van der Waals surface area contributed by atoms with E-state index in [0.29, 0.717) is 23.7 Å². The summed E-state index contributed by atoms with van der Waals surface area (Å²) in [6, 6.07) is 7.59. The lowest BCUT2D eigenvalue weighted by atomic mass is 10.2. The Kier molecular flexibility index (Phi) is 6.51. The number of carbonyl (C=O) groups excluding carboxylic acids is 1. The van der Waals surface area contributed by atoms with E-state index < -0.39 is 11.9 Å². The molecule has 8 heteroatoms. The van der Waals surface area contributed by atoms with Gasteiger partial charge in [-0.2, -0.15) is 0 Å². The van der Waals surface area contributed by atoms with Gasteiger partial charge in [-0.25, -0.2) is 9.78 Å². The van der Waals surface area contributed by atoms with Gasteiger partial charge in [0, 0.05) is 24.9 Å². The van der Waals surface area contributed by atoms with Crippen molar-refractivity contribution < 1.29 is 28.9 Å². The number of hydrogen-bond donors (Lipinski definition) is 2. The molecule has 0 saturated carbocycles. The van der Waals surface area contributed by atoms with E-state index in [1.54, 1.807) is 25.3 Å². The van der Waals surface area contributed by atoms with Gasteiger partial charge in [0.2, 0.25) is 0 Å². The van der Waals surface area contributed by atoms with Crippen LogP contribution in [0.15, 0.2) is 36.5 Å². The summed E-state index contributed by atoms with van der Waals surface area (Å²) < 4.78 is 16.0. The van der Waals surface area contributed by atoms with Crippen LogP contribution in [0.1, 0.15) is 27.6 Å². The first-order valence-electron chi connectivity index (χ1n) is 7.78. The Hall–Kier alpha value is -3.13.